The van der Waals surface area contributed by atoms with E-state index in [-0.39, 0.29) is 0 Å². The van der Waals surface area contributed by atoms with Crippen LogP contribution in [-0.4, -0.2) is 39.0 Å². The maximum atomic E-state index is 7.00. The van der Waals surface area contributed by atoms with E-state index in [0.29, 0.717) is 34.9 Å². The normalized spacial score (nSPS) is 11.9. The quantitative estimate of drug-likeness (QED) is 0.130. The molecule has 0 bridgehead atoms. The van der Waals surface area contributed by atoms with Gasteiger partial charge in [-0.15, -0.1) is 0 Å². The van der Waals surface area contributed by atoms with E-state index >= 15 is 0 Å². The number of rotatable bonds is 10. The molecule has 8 aromatic heterocycles. The van der Waals surface area contributed by atoms with Gasteiger partial charge in [-0.3, -0.25) is 0 Å². The highest BCUT2D eigenvalue weighted by atomic mass is 16.3. The van der Waals surface area contributed by atoms with Gasteiger partial charge in [0, 0.05) is 121 Å². The molecule has 0 radical (unpaired) electrons. The van der Waals surface area contributed by atoms with Crippen molar-refractivity contribution >= 4 is 131 Å². The molecule has 0 atom stereocenters. The smallest absolute Gasteiger partial charge is 0.164 e. The summed E-state index contributed by atoms with van der Waals surface area (Å²) < 4.78 is 31.5. The highest BCUT2D eigenvalue weighted by Crippen LogP contribution is 2.49. The summed E-state index contributed by atoms with van der Waals surface area (Å²) in [7, 11) is 0. The predicted molar refractivity (Wildman–Crippen MR) is 461 cm³/mol. The average Bonchev–Trinajstić information content (AvgIpc) is 1.56. The van der Waals surface area contributed by atoms with Crippen molar-refractivity contribution < 1.29 is 17.7 Å². The molecule has 0 amide bonds. The van der Waals surface area contributed by atoms with Crippen molar-refractivity contribution in [1.82, 2.24) is 39.0 Å². The molecule has 0 aliphatic carbocycles. The molecule has 12 heteroatoms. The van der Waals surface area contributed by atoms with Gasteiger partial charge in [0.25, 0.3) is 0 Å². The Bertz CT molecular complexity index is 7770. The molecular weight excluding hydrogens is 1400 g/mol. The second-order valence-electron chi connectivity index (χ2n) is 28.7. The molecular formula is C102H60N8O4. The maximum absolute atomic E-state index is 7.00. The summed E-state index contributed by atoms with van der Waals surface area (Å²) in [5.74, 6) is 3.57. The van der Waals surface area contributed by atoms with Crippen LogP contribution in [0.25, 0.3) is 233 Å². The Morgan fingerprint density at radius 3 is 0.939 bits per heavy atom. The monoisotopic (exact) mass is 1460 g/mol. The number of para-hydroxylation sites is 6. The van der Waals surface area contributed by atoms with Crippen LogP contribution in [0.3, 0.4) is 0 Å². The minimum Gasteiger partial charge on any atom is -0.456 e. The predicted octanol–water partition coefficient (Wildman–Crippen LogP) is 26.9. The Kier molecular flexibility index (Phi) is 14.7. The van der Waals surface area contributed by atoms with E-state index in [4.69, 9.17) is 47.6 Å². The fourth-order valence-corrected chi connectivity index (χ4v) is 17.0. The van der Waals surface area contributed by atoms with E-state index < -0.39 is 0 Å². The Morgan fingerprint density at radius 2 is 0.491 bits per heavy atom. The standard InChI is InChI=1S/2C51H30N4O2/c1-3-15-31(16-4-1)49-52-50(32-17-5-2-6-18-32)54-51(53-49)38-23-14-28-45-47(38)40-30-33(55-41-24-10-7-19-34(41)35-20-8-11-25-42(35)55)29-39(48(40)57-45)36-22-13-27-44-46(36)37-21-9-12-26-43(37)56-44;1-3-14-31(15-4-1)49-52-50(32-16-5-2-6-17-32)54-51(53-49)39-21-13-25-45-47(39)41-30-34(55-42-22-10-7-18-35(42)36-19-8-11-23-43(36)55)29-40(48(41)57-45)33-26-27-38-37-20-9-12-24-44(37)56-46(38)28-33/h2*1-30H. The van der Waals surface area contributed by atoms with Gasteiger partial charge in [0.2, 0.25) is 0 Å². The van der Waals surface area contributed by atoms with E-state index in [0.717, 1.165) is 177 Å². The molecule has 24 aromatic rings. The number of hydrogen-bond donors (Lipinski definition) is 0. The van der Waals surface area contributed by atoms with Gasteiger partial charge in [0.05, 0.1) is 22.1 Å². The minimum absolute atomic E-state index is 0.572. The molecule has 0 unspecified atom stereocenters. The van der Waals surface area contributed by atoms with Crippen LogP contribution in [-0.2, 0) is 0 Å². The van der Waals surface area contributed by atoms with Crippen LogP contribution in [0.1, 0.15) is 0 Å². The average molecular weight is 1460 g/mol. The number of nitrogens with zero attached hydrogens (tertiary/aromatic N) is 8. The fourth-order valence-electron chi connectivity index (χ4n) is 17.0. The summed E-state index contributed by atoms with van der Waals surface area (Å²) in [6.45, 7) is 0. The fraction of sp³-hybridized carbons (Fsp3) is 0. The SMILES string of the molecule is c1ccc(-c2nc(-c3ccccc3)nc(-c3cccc4oc5c(-c6ccc7c(c6)oc6ccccc67)cc(-n6c7ccccc7c7ccccc76)cc5c34)n2)cc1.c1ccc(-c2nc(-c3ccccc3)nc(-c3cccc4oc5c(-c6cccc7oc8ccccc8c67)cc(-n6c7ccccc7c7ccccc76)cc5c34)n2)cc1. The first-order valence-corrected chi connectivity index (χ1v) is 38.0. The van der Waals surface area contributed by atoms with Crippen LogP contribution in [0.15, 0.2) is 382 Å². The molecule has 0 aliphatic rings. The highest BCUT2D eigenvalue weighted by molar-refractivity contribution is 6.22. The molecule has 8 heterocycles. The van der Waals surface area contributed by atoms with Crippen molar-refractivity contribution in [2.24, 2.45) is 0 Å². The van der Waals surface area contributed by atoms with Gasteiger partial charge < -0.3 is 26.8 Å². The van der Waals surface area contributed by atoms with Gasteiger partial charge in [0.15, 0.2) is 34.9 Å². The van der Waals surface area contributed by atoms with Crippen LogP contribution in [0.5, 0.6) is 0 Å². The van der Waals surface area contributed by atoms with Crippen molar-refractivity contribution in [2.75, 3.05) is 0 Å². The number of hydrogen-bond acceptors (Lipinski definition) is 10. The van der Waals surface area contributed by atoms with Crippen molar-refractivity contribution in [2.45, 2.75) is 0 Å². The Labute approximate surface area is 650 Å². The zero-order valence-corrected chi connectivity index (χ0v) is 60.9. The van der Waals surface area contributed by atoms with E-state index in [2.05, 4.69) is 191 Å². The van der Waals surface area contributed by atoms with E-state index in [1.54, 1.807) is 0 Å². The topological polar surface area (TPSA) is 140 Å². The second-order valence-corrected chi connectivity index (χ2v) is 28.7. The third kappa shape index (κ3) is 10.5. The number of fused-ring (bicyclic) bond motifs is 18. The highest BCUT2D eigenvalue weighted by Gasteiger charge is 2.27. The van der Waals surface area contributed by atoms with Gasteiger partial charge in [-0.25, -0.2) is 29.9 Å². The Morgan fingerprint density at radius 1 is 0.175 bits per heavy atom. The number of furan rings is 4. The van der Waals surface area contributed by atoms with Crippen LogP contribution in [0.2, 0.25) is 0 Å². The van der Waals surface area contributed by atoms with E-state index in [1.165, 1.54) is 21.5 Å². The zero-order valence-electron chi connectivity index (χ0n) is 60.9. The maximum Gasteiger partial charge on any atom is 0.164 e. The van der Waals surface area contributed by atoms with Crippen LogP contribution in [0.4, 0.5) is 0 Å². The Balaban J connectivity index is 0.000000135. The van der Waals surface area contributed by atoms with Gasteiger partial charge >= 0.3 is 0 Å². The zero-order chi connectivity index (χ0) is 74.9. The first-order valence-electron chi connectivity index (χ1n) is 38.0. The summed E-state index contributed by atoms with van der Waals surface area (Å²) in [6, 6.07) is 125. The molecule has 532 valence electrons. The third-order valence-electron chi connectivity index (χ3n) is 22.1. The lowest BCUT2D eigenvalue weighted by Crippen LogP contribution is -2.00. The van der Waals surface area contributed by atoms with Crippen LogP contribution >= 0.6 is 0 Å². The molecule has 114 heavy (non-hydrogen) atoms. The summed E-state index contributed by atoms with van der Waals surface area (Å²) >= 11 is 0. The van der Waals surface area contributed by atoms with Crippen molar-refractivity contribution in [1.29, 1.82) is 0 Å². The van der Waals surface area contributed by atoms with E-state index in [1.807, 2.05) is 182 Å². The van der Waals surface area contributed by atoms with Gasteiger partial charge in [-0.2, -0.15) is 0 Å². The molecule has 0 saturated carbocycles. The van der Waals surface area contributed by atoms with Crippen LogP contribution < -0.4 is 0 Å². The molecule has 0 aliphatic heterocycles. The van der Waals surface area contributed by atoms with Gasteiger partial charge in [-0.1, -0.05) is 273 Å². The minimum atomic E-state index is 0.572. The van der Waals surface area contributed by atoms with Crippen molar-refractivity contribution in [3.05, 3.63) is 364 Å². The lowest BCUT2D eigenvalue weighted by atomic mass is 9.96. The summed E-state index contributed by atoms with van der Waals surface area (Å²) in [5.41, 5.74) is 22.3. The summed E-state index contributed by atoms with van der Waals surface area (Å²) in [6.07, 6.45) is 0. The second kappa shape index (κ2) is 26.0. The Hall–Kier alpha value is -15.7. The molecule has 0 fully saturated rings. The van der Waals surface area contributed by atoms with Crippen LogP contribution in [0, 0.1) is 0 Å². The van der Waals surface area contributed by atoms with Crippen molar-refractivity contribution in [3.8, 4) is 102 Å². The lowest BCUT2D eigenvalue weighted by molar-refractivity contribution is 0.667. The number of benzene rings is 16. The molecule has 12 nitrogen and oxygen atoms in total. The number of aromatic nitrogens is 8. The van der Waals surface area contributed by atoms with Gasteiger partial charge in [0.1, 0.15) is 44.7 Å². The summed E-state index contributed by atoms with van der Waals surface area (Å²) in [4.78, 5) is 30.6. The molecule has 0 saturated heterocycles. The van der Waals surface area contributed by atoms with Crippen molar-refractivity contribution in [3.63, 3.8) is 0 Å². The first-order chi connectivity index (χ1) is 56.5. The summed E-state index contributed by atoms with van der Waals surface area (Å²) in [5, 5.41) is 12.9. The first kappa shape index (κ1) is 64.3. The third-order valence-corrected chi connectivity index (χ3v) is 22.1. The van der Waals surface area contributed by atoms with E-state index in [9.17, 15) is 0 Å². The van der Waals surface area contributed by atoms with Gasteiger partial charge in [-0.05, 0) is 102 Å². The lowest BCUT2D eigenvalue weighted by Gasteiger charge is -2.13. The molecule has 0 N–H and O–H groups in total. The molecule has 24 rings (SSSR count). The largest absolute Gasteiger partial charge is 0.456 e. The molecule has 0 spiro atoms. The molecule has 16 aromatic carbocycles.